The summed E-state index contributed by atoms with van der Waals surface area (Å²) >= 11 is 0. The first-order chi connectivity index (χ1) is 12.4. The summed E-state index contributed by atoms with van der Waals surface area (Å²) in [6.45, 7) is 4.07. The van der Waals surface area contributed by atoms with E-state index in [0.717, 1.165) is 24.8 Å². The molecule has 2 aliphatic rings. The number of nitrogens with zero attached hydrogens (tertiary/aromatic N) is 2. The van der Waals surface area contributed by atoms with Gasteiger partial charge in [-0.25, -0.2) is 4.79 Å². The van der Waals surface area contributed by atoms with Gasteiger partial charge >= 0.3 is 13.2 Å². The summed E-state index contributed by atoms with van der Waals surface area (Å²) < 4.78 is 5.33. The lowest BCUT2D eigenvalue weighted by Crippen LogP contribution is -2.49. The van der Waals surface area contributed by atoms with Gasteiger partial charge in [-0.2, -0.15) is 5.26 Å². The molecule has 8 nitrogen and oxygen atoms in total. The van der Waals surface area contributed by atoms with Gasteiger partial charge in [-0.15, -0.1) is 0 Å². The van der Waals surface area contributed by atoms with Crippen molar-refractivity contribution in [2.45, 2.75) is 50.6 Å². The van der Waals surface area contributed by atoms with Gasteiger partial charge in [0.25, 0.3) is 5.91 Å². The van der Waals surface area contributed by atoms with Crippen molar-refractivity contribution in [3.05, 3.63) is 23.8 Å². The first-order valence-electron chi connectivity index (χ1n) is 8.80. The van der Waals surface area contributed by atoms with E-state index in [1.54, 1.807) is 6.07 Å². The van der Waals surface area contributed by atoms with Crippen molar-refractivity contribution in [3.8, 4) is 6.07 Å². The summed E-state index contributed by atoms with van der Waals surface area (Å²) in [4.78, 5) is 25.6. The van der Waals surface area contributed by atoms with Crippen LogP contribution in [0.2, 0.25) is 0 Å². The summed E-state index contributed by atoms with van der Waals surface area (Å²) in [6, 6.07) is 1.72. The van der Waals surface area contributed by atoms with Crippen molar-refractivity contribution in [1.29, 1.82) is 5.26 Å². The Kier molecular flexibility index (Phi) is 7.24. The van der Waals surface area contributed by atoms with Crippen LogP contribution in [0.3, 0.4) is 0 Å². The fourth-order valence-corrected chi connectivity index (χ4v) is 3.23. The summed E-state index contributed by atoms with van der Waals surface area (Å²) in [7, 11) is -1.69. The maximum atomic E-state index is 12.1. The van der Waals surface area contributed by atoms with Crippen LogP contribution in [0.15, 0.2) is 23.8 Å². The molecule has 26 heavy (non-hydrogen) atoms. The SMILES string of the molecule is C=C(C#N)C(=O)N1CCC[C@H](OC(=O)N[C@@H](CC2=CCCC2)B(O)O)C1. The minimum atomic E-state index is -1.69. The van der Waals surface area contributed by atoms with Gasteiger partial charge < -0.3 is 25.0 Å². The lowest BCUT2D eigenvalue weighted by Gasteiger charge is -2.32. The Balaban J connectivity index is 1.86. The standard InChI is InChI=1S/C17H24BN3O5/c1-12(10-19)16(22)21-8-4-7-14(11-21)26-17(23)20-15(18(24)25)9-13-5-2-3-6-13/h5,14-15,24-25H,1-4,6-9,11H2,(H,20,23)/t14-,15-/m0/s1. The Hall–Kier alpha value is -2.31. The zero-order chi connectivity index (χ0) is 19.1. The molecule has 0 radical (unpaired) electrons. The van der Waals surface area contributed by atoms with E-state index < -0.39 is 31.2 Å². The fourth-order valence-electron chi connectivity index (χ4n) is 3.23. The van der Waals surface area contributed by atoms with Crippen molar-refractivity contribution < 1.29 is 24.4 Å². The fraction of sp³-hybridized carbons (Fsp3) is 0.588. The summed E-state index contributed by atoms with van der Waals surface area (Å²) in [5.74, 6) is -1.30. The highest BCUT2D eigenvalue weighted by molar-refractivity contribution is 6.43. The Labute approximate surface area is 153 Å². The minimum absolute atomic E-state index is 0.150. The smallest absolute Gasteiger partial charge is 0.444 e. The van der Waals surface area contributed by atoms with Crippen molar-refractivity contribution in [1.82, 2.24) is 10.2 Å². The predicted octanol–water partition coefficient (Wildman–Crippen LogP) is 0.664. The van der Waals surface area contributed by atoms with Crippen LogP contribution in [0.4, 0.5) is 4.79 Å². The second-order valence-electron chi connectivity index (χ2n) is 6.63. The van der Waals surface area contributed by atoms with Gasteiger partial charge in [0, 0.05) is 6.54 Å². The number of hydrogen-bond donors (Lipinski definition) is 3. The molecule has 0 spiro atoms. The molecule has 3 N–H and O–H groups in total. The molecule has 2 amide bonds. The average molecular weight is 361 g/mol. The molecule has 0 aromatic rings. The summed E-state index contributed by atoms with van der Waals surface area (Å²) in [5, 5.41) is 30.3. The third-order valence-corrected chi connectivity index (χ3v) is 4.61. The number of piperidine rings is 1. The normalized spacial score (nSPS) is 20.6. The van der Waals surface area contributed by atoms with Gasteiger partial charge in [0.2, 0.25) is 0 Å². The van der Waals surface area contributed by atoms with Crippen LogP contribution in [0.1, 0.15) is 38.5 Å². The quantitative estimate of drug-likeness (QED) is 0.277. The molecule has 1 heterocycles. The lowest BCUT2D eigenvalue weighted by molar-refractivity contribution is -0.129. The molecule has 0 aromatic heterocycles. The van der Waals surface area contributed by atoms with E-state index in [1.807, 2.05) is 0 Å². The zero-order valence-electron chi connectivity index (χ0n) is 14.7. The van der Waals surface area contributed by atoms with E-state index in [-0.39, 0.29) is 12.1 Å². The number of hydrogen-bond acceptors (Lipinski definition) is 6. The number of allylic oxidation sites excluding steroid dienone is 1. The molecule has 140 valence electrons. The highest BCUT2D eigenvalue weighted by Crippen LogP contribution is 2.22. The molecular formula is C17H24BN3O5. The molecule has 1 saturated heterocycles. The minimum Gasteiger partial charge on any atom is -0.444 e. The van der Waals surface area contributed by atoms with E-state index in [4.69, 9.17) is 10.00 Å². The number of nitrogens with one attached hydrogen (secondary N) is 1. The lowest BCUT2D eigenvalue weighted by atomic mass is 9.76. The maximum Gasteiger partial charge on any atom is 0.475 e. The van der Waals surface area contributed by atoms with Crippen LogP contribution in [0, 0.1) is 11.3 Å². The van der Waals surface area contributed by atoms with Crippen molar-refractivity contribution >= 4 is 19.1 Å². The monoisotopic (exact) mass is 361 g/mol. The third kappa shape index (κ3) is 5.61. The van der Waals surface area contributed by atoms with E-state index >= 15 is 0 Å². The number of rotatable bonds is 6. The van der Waals surface area contributed by atoms with E-state index in [9.17, 15) is 19.6 Å². The molecular weight excluding hydrogens is 337 g/mol. The maximum absolute atomic E-state index is 12.1. The average Bonchev–Trinajstić information content (AvgIpc) is 3.13. The van der Waals surface area contributed by atoms with Gasteiger partial charge in [0.15, 0.2) is 0 Å². The molecule has 9 heteroatoms. The van der Waals surface area contributed by atoms with Gasteiger partial charge in [0.1, 0.15) is 17.7 Å². The topological polar surface area (TPSA) is 123 Å². The largest absolute Gasteiger partial charge is 0.475 e. The highest BCUT2D eigenvalue weighted by atomic mass is 16.6. The predicted molar refractivity (Wildman–Crippen MR) is 94.5 cm³/mol. The Morgan fingerprint density at radius 3 is 2.88 bits per heavy atom. The number of carbonyl (C=O) groups is 2. The zero-order valence-corrected chi connectivity index (χ0v) is 14.7. The molecule has 1 aliphatic heterocycles. The second-order valence-corrected chi connectivity index (χ2v) is 6.63. The Morgan fingerprint density at radius 2 is 2.27 bits per heavy atom. The van der Waals surface area contributed by atoms with Crippen LogP contribution >= 0.6 is 0 Å². The van der Waals surface area contributed by atoms with Gasteiger partial charge in [-0.1, -0.05) is 18.2 Å². The molecule has 0 aromatic carbocycles. The number of likely N-dealkylation sites (tertiary alicyclic amines) is 1. The van der Waals surface area contributed by atoms with E-state index in [0.29, 0.717) is 25.8 Å². The number of amides is 2. The number of alkyl carbamates (subject to hydrolysis) is 1. The van der Waals surface area contributed by atoms with Crippen LogP contribution in [-0.4, -0.2) is 59.2 Å². The number of carbonyl (C=O) groups excluding carboxylic acids is 2. The Morgan fingerprint density at radius 1 is 1.50 bits per heavy atom. The molecule has 2 rings (SSSR count). The van der Waals surface area contributed by atoms with Crippen molar-refractivity contribution in [2.75, 3.05) is 13.1 Å². The van der Waals surface area contributed by atoms with Crippen molar-refractivity contribution in [2.24, 2.45) is 0 Å². The molecule has 2 atom stereocenters. The van der Waals surface area contributed by atoms with Crippen molar-refractivity contribution in [3.63, 3.8) is 0 Å². The van der Waals surface area contributed by atoms with Crippen LogP contribution in [0.5, 0.6) is 0 Å². The molecule has 0 bridgehead atoms. The van der Waals surface area contributed by atoms with E-state index in [2.05, 4.69) is 18.0 Å². The first kappa shape index (κ1) is 20.0. The third-order valence-electron chi connectivity index (χ3n) is 4.61. The summed E-state index contributed by atoms with van der Waals surface area (Å²) in [6.07, 6.45) is 5.28. The molecule has 1 aliphatic carbocycles. The van der Waals surface area contributed by atoms with Gasteiger partial charge in [-0.3, -0.25) is 4.79 Å². The van der Waals surface area contributed by atoms with E-state index in [1.165, 1.54) is 4.90 Å². The number of ether oxygens (including phenoxy) is 1. The Bertz CT molecular complexity index is 628. The molecule has 1 fully saturated rings. The van der Waals surface area contributed by atoms with Gasteiger partial charge in [0.05, 0.1) is 12.5 Å². The molecule has 0 unspecified atom stereocenters. The van der Waals surface area contributed by atoms with Gasteiger partial charge in [-0.05, 0) is 38.5 Å². The summed E-state index contributed by atoms with van der Waals surface area (Å²) in [5.41, 5.74) is 0.941. The highest BCUT2D eigenvalue weighted by Gasteiger charge is 2.31. The first-order valence-corrected chi connectivity index (χ1v) is 8.80. The van der Waals surface area contributed by atoms with Crippen LogP contribution in [0.25, 0.3) is 0 Å². The number of nitriles is 1. The van der Waals surface area contributed by atoms with Crippen LogP contribution < -0.4 is 5.32 Å². The molecule has 0 saturated carbocycles. The second kappa shape index (κ2) is 9.41. The van der Waals surface area contributed by atoms with Crippen LogP contribution in [-0.2, 0) is 9.53 Å².